The van der Waals surface area contributed by atoms with Gasteiger partial charge in [0.2, 0.25) is 5.91 Å². The number of alkyl halides is 3. The molecule has 0 aliphatic rings. The molecule has 0 aliphatic heterocycles. The third kappa shape index (κ3) is 4.99. The van der Waals surface area contributed by atoms with Crippen LogP contribution in [0.1, 0.15) is 16.7 Å². The van der Waals surface area contributed by atoms with Crippen molar-refractivity contribution in [3.05, 3.63) is 95.7 Å². The van der Waals surface area contributed by atoms with Crippen LogP contribution in [-0.2, 0) is 17.5 Å². The van der Waals surface area contributed by atoms with Crippen LogP contribution in [0.3, 0.4) is 0 Å². The van der Waals surface area contributed by atoms with E-state index in [9.17, 15) is 18.0 Å². The van der Waals surface area contributed by atoms with Crippen LogP contribution in [0.5, 0.6) is 0 Å². The Kier molecular flexibility index (Phi) is 6.28. The molecule has 1 aromatic heterocycles. The molecule has 4 rings (SSSR count). The SMILES string of the molecule is Cc1cccc(Cn2cc(SCC(=O)Nc3ccccc3C(F)(F)F)c3ccccc32)c1. The number of benzene rings is 3. The lowest BCUT2D eigenvalue weighted by Gasteiger charge is -2.13. The van der Waals surface area contributed by atoms with Gasteiger partial charge >= 0.3 is 6.18 Å². The molecular weight excluding hydrogens is 433 g/mol. The highest BCUT2D eigenvalue weighted by molar-refractivity contribution is 8.00. The summed E-state index contributed by atoms with van der Waals surface area (Å²) in [7, 11) is 0. The molecule has 0 spiro atoms. The van der Waals surface area contributed by atoms with Gasteiger partial charge in [0.1, 0.15) is 0 Å². The van der Waals surface area contributed by atoms with Gasteiger partial charge in [0.15, 0.2) is 0 Å². The second-order valence-electron chi connectivity index (χ2n) is 7.51. The summed E-state index contributed by atoms with van der Waals surface area (Å²) in [6.07, 6.45) is -2.53. The van der Waals surface area contributed by atoms with Crippen LogP contribution in [-0.4, -0.2) is 16.2 Å². The summed E-state index contributed by atoms with van der Waals surface area (Å²) in [6.45, 7) is 2.74. The molecule has 0 radical (unpaired) electrons. The van der Waals surface area contributed by atoms with Crippen LogP contribution in [0.2, 0.25) is 0 Å². The highest BCUT2D eigenvalue weighted by Crippen LogP contribution is 2.35. The van der Waals surface area contributed by atoms with Crippen LogP contribution in [0.25, 0.3) is 10.9 Å². The number of rotatable bonds is 6. The van der Waals surface area contributed by atoms with E-state index in [0.717, 1.165) is 21.9 Å². The van der Waals surface area contributed by atoms with Crippen molar-refractivity contribution in [3.63, 3.8) is 0 Å². The van der Waals surface area contributed by atoms with Crippen molar-refractivity contribution in [3.8, 4) is 0 Å². The summed E-state index contributed by atoms with van der Waals surface area (Å²) in [5.74, 6) is -0.479. The average Bonchev–Trinajstić information content (AvgIpc) is 3.09. The second kappa shape index (κ2) is 9.12. The molecule has 3 aromatic carbocycles. The van der Waals surface area contributed by atoms with Gasteiger partial charge in [-0.3, -0.25) is 4.79 Å². The molecule has 0 saturated carbocycles. The summed E-state index contributed by atoms with van der Waals surface area (Å²) >= 11 is 1.31. The fraction of sp³-hybridized carbons (Fsp3) is 0.160. The van der Waals surface area contributed by atoms with Crippen molar-refractivity contribution < 1.29 is 18.0 Å². The number of carbonyl (C=O) groups excluding carboxylic acids is 1. The summed E-state index contributed by atoms with van der Waals surface area (Å²) < 4.78 is 41.6. The molecule has 7 heteroatoms. The number of nitrogens with zero attached hydrogens (tertiary/aromatic N) is 1. The lowest BCUT2D eigenvalue weighted by molar-refractivity contribution is -0.137. The number of para-hydroxylation sites is 2. The Morgan fingerprint density at radius 1 is 1.00 bits per heavy atom. The Morgan fingerprint density at radius 3 is 2.53 bits per heavy atom. The van der Waals surface area contributed by atoms with Crippen LogP contribution >= 0.6 is 11.8 Å². The number of carbonyl (C=O) groups is 1. The molecule has 164 valence electrons. The molecule has 0 aliphatic carbocycles. The van der Waals surface area contributed by atoms with Crippen molar-refractivity contribution in [2.75, 3.05) is 11.1 Å². The first-order valence-electron chi connectivity index (χ1n) is 10.0. The molecule has 0 atom stereocenters. The third-order valence-electron chi connectivity index (χ3n) is 5.05. The molecule has 3 nitrogen and oxygen atoms in total. The van der Waals surface area contributed by atoms with Gasteiger partial charge in [0.25, 0.3) is 0 Å². The van der Waals surface area contributed by atoms with Crippen molar-refractivity contribution >= 4 is 34.3 Å². The number of hydrogen-bond acceptors (Lipinski definition) is 2. The van der Waals surface area contributed by atoms with Crippen molar-refractivity contribution in [1.29, 1.82) is 0 Å². The molecular formula is C25H21F3N2OS. The number of aryl methyl sites for hydroxylation is 1. The highest BCUT2D eigenvalue weighted by Gasteiger charge is 2.33. The first-order chi connectivity index (χ1) is 15.3. The number of hydrogen-bond donors (Lipinski definition) is 1. The first kappa shape index (κ1) is 22.0. The number of amides is 1. The third-order valence-corrected chi connectivity index (χ3v) is 6.10. The van der Waals surface area contributed by atoms with E-state index in [1.54, 1.807) is 0 Å². The number of anilines is 1. The van der Waals surface area contributed by atoms with Crippen molar-refractivity contribution in [2.24, 2.45) is 0 Å². The van der Waals surface area contributed by atoms with Gasteiger partial charge in [-0.15, -0.1) is 11.8 Å². The maximum absolute atomic E-state index is 13.2. The number of fused-ring (bicyclic) bond motifs is 1. The van der Waals surface area contributed by atoms with Gasteiger partial charge in [-0.25, -0.2) is 0 Å². The van der Waals surface area contributed by atoms with E-state index in [2.05, 4.69) is 22.0 Å². The standard InChI is InChI=1S/C25H21F3N2OS/c1-17-7-6-8-18(13-17)14-30-15-23(19-9-2-5-12-22(19)30)32-16-24(31)29-21-11-4-3-10-20(21)25(26,27)28/h2-13,15H,14,16H2,1H3,(H,29,31). The largest absolute Gasteiger partial charge is 0.418 e. The van der Waals surface area contributed by atoms with Gasteiger partial charge in [0, 0.05) is 28.5 Å². The first-order valence-corrected chi connectivity index (χ1v) is 11.0. The smallest absolute Gasteiger partial charge is 0.342 e. The van der Waals surface area contributed by atoms with E-state index >= 15 is 0 Å². The van der Waals surface area contributed by atoms with E-state index in [4.69, 9.17) is 0 Å². The van der Waals surface area contributed by atoms with Gasteiger partial charge in [-0.05, 0) is 30.7 Å². The minimum Gasteiger partial charge on any atom is -0.342 e. The fourth-order valence-corrected chi connectivity index (χ4v) is 4.52. The monoisotopic (exact) mass is 454 g/mol. The lowest BCUT2D eigenvalue weighted by Crippen LogP contribution is -2.18. The number of nitrogens with one attached hydrogen (secondary N) is 1. The zero-order valence-corrected chi connectivity index (χ0v) is 18.1. The van der Waals surface area contributed by atoms with Gasteiger partial charge in [-0.2, -0.15) is 13.2 Å². The predicted molar refractivity (Wildman–Crippen MR) is 123 cm³/mol. The molecule has 1 amide bonds. The Bertz CT molecular complexity index is 1260. The van der Waals surface area contributed by atoms with Crippen molar-refractivity contribution in [2.45, 2.75) is 24.5 Å². The Balaban J connectivity index is 1.51. The minimum absolute atomic E-state index is 0.00461. The molecule has 4 aromatic rings. The van der Waals surface area contributed by atoms with E-state index < -0.39 is 17.6 Å². The zero-order valence-electron chi connectivity index (χ0n) is 17.3. The molecule has 1 N–H and O–H groups in total. The van der Waals surface area contributed by atoms with Crippen LogP contribution < -0.4 is 5.32 Å². The van der Waals surface area contributed by atoms with Crippen LogP contribution in [0.15, 0.2) is 83.9 Å². The van der Waals surface area contributed by atoms with Gasteiger partial charge in [-0.1, -0.05) is 60.2 Å². The van der Waals surface area contributed by atoms with Gasteiger partial charge < -0.3 is 9.88 Å². The maximum atomic E-state index is 13.2. The average molecular weight is 455 g/mol. The quantitative estimate of drug-likeness (QED) is 0.327. The topological polar surface area (TPSA) is 34.0 Å². The Hall–Kier alpha value is -3.19. The molecule has 0 bridgehead atoms. The summed E-state index contributed by atoms with van der Waals surface area (Å²) in [5.41, 5.74) is 2.31. The number of thioether (sulfide) groups is 1. The Labute approximate surface area is 188 Å². The zero-order chi connectivity index (χ0) is 22.7. The number of halogens is 3. The fourth-order valence-electron chi connectivity index (χ4n) is 3.64. The molecule has 32 heavy (non-hydrogen) atoms. The summed E-state index contributed by atoms with van der Waals surface area (Å²) in [6, 6.07) is 21.2. The summed E-state index contributed by atoms with van der Waals surface area (Å²) in [4.78, 5) is 13.3. The van der Waals surface area contributed by atoms with E-state index in [-0.39, 0.29) is 11.4 Å². The summed E-state index contributed by atoms with van der Waals surface area (Å²) in [5, 5.41) is 3.41. The van der Waals surface area contributed by atoms with Crippen LogP contribution in [0.4, 0.5) is 18.9 Å². The maximum Gasteiger partial charge on any atom is 0.418 e. The lowest BCUT2D eigenvalue weighted by atomic mass is 10.1. The second-order valence-corrected chi connectivity index (χ2v) is 8.52. The van der Waals surface area contributed by atoms with Crippen molar-refractivity contribution in [1.82, 2.24) is 4.57 Å². The molecule has 0 fully saturated rings. The normalized spacial score (nSPS) is 11.6. The predicted octanol–water partition coefficient (Wildman–Crippen LogP) is 6.75. The van der Waals surface area contributed by atoms with E-state index in [1.807, 2.05) is 49.5 Å². The van der Waals surface area contributed by atoms with E-state index in [1.165, 1.54) is 41.1 Å². The molecule has 0 unspecified atom stereocenters. The van der Waals surface area contributed by atoms with Crippen LogP contribution in [0, 0.1) is 6.92 Å². The van der Waals surface area contributed by atoms with E-state index in [0.29, 0.717) is 6.54 Å². The molecule has 1 heterocycles. The minimum atomic E-state index is -4.53. The van der Waals surface area contributed by atoms with Gasteiger partial charge in [0.05, 0.1) is 17.0 Å². The number of aromatic nitrogens is 1. The molecule has 0 saturated heterocycles. The highest BCUT2D eigenvalue weighted by atomic mass is 32.2. The Morgan fingerprint density at radius 2 is 1.75 bits per heavy atom.